The van der Waals surface area contributed by atoms with Gasteiger partial charge < -0.3 is 16.0 Å². The second-order valence-electron chi connectivity index (χ2n) is 10.4. The average molecular weight is 545 g/mol. The molecule has 6 rings (SSSR count). The van der Waals surface area contributed by atoms with Crippen LogP contribution in [0, 0.1) is 23.2 Å². The van der Waals surface area contributed by atoms with Gasteiger partial charge >= 0.3 is 0 Å². The highest BCUT2D eigenvalue weighted by Gasteiger charge is 2.29. The molecule has 2 aliphatic rings. The van der Waals surface area contributed by atoms with Gasteiger partial charge in [-0.3, -0.25) is 14.0 Å². The van der Waals surface area contributed by atoms with Crippen molar-refractivity contribution in [3.8, 4) is 29.3 Å². The predicted octanol–water partition coefficient (Wildman–Crippen LogP) is 4.10. The van der Waals surface area contributed by atoms with E-state index in [1.165, 1.54) is 0 Å². The number of nitrogens with two attached hydrogens (primary N) is 1. The second kappa shape index (κ2) is 10.7. The fourth-order valence-corrected chi connectivity index (χ4v) is 5.49. The molecule has 2 amide bonds. The molecule has 1 aromatic carbocycles. The number of hydrogen-bond donors (Lipinski definition) is 2. The molecule has 3 aromatic heterocycles. The maximum Gasteiger partial charge on any atom is 0.298 e. The van der Waals surface area contributed by atoms with Gasteiger partial charge in [0.2, 0.25) is 5.95 Å². The van der Waals surface area contributed by atoms with Crippen LogP contribution >= 0.6 is 0 Å². The van der Waals surface area contributed by atoms with E-state index in [4.69, 9.17) is 10.7 Å². The summed E-state index contributed by atoms with van der Waals surface area (Å²) in [5, 5.41) is 12.8. The second-order valence-corrected chi connectivity index (χ2v) is 10.4. The van der Waals surface area contributed by atoms with Crippen molar-refractivity contribution in [3.05, 3.63) is 71.2 Å². The molecule has 1 saturated heterocycles. The van der Waals surface area contributed by atoms with Crippen molar-refractivity contribution >= 4 is 29.1 Å². The molecule has 10 heteroatoms. The van der Waals surface area contributed by atoms with Crippen LogP contribution in [0.15, 0.2) is 48.8 Å². The summed E-state index contributed by atoms with van der Waals surface area (Å²) >= 11 is 0. The number of carbonyl (C=O) groups excluding carboxylic acids is 2. The number of aromatic nitrogens is 4. The molecule has 10 nitrogen and oxygen atoms in total. The lowest BCUT2D eigenvalue weighted by molar-refractivity contribution is -0.126. The number of nitrogen functional groups attached to an aromatic ring is 1. The van der Waals surface area contributed by atoms with E-state index in [1.54, 1.807) is 46.8 Å². The number of amides is 2. The lowest BCUT2D eigenvalue weighted by Crippen LogP contribution is -2.38. The first-order chi connectivity index (χ1) is 20.0. The zero-order chi connectivity index (χ0) is 28.5. The largest absolute Gasteiger partial charge is 0.369 e. The number of imidazole rings is 1. The Hall–Kier alpha value is -5.22. The van der Waals surface area contributed by atoms with Crippen LogP contribution in [0.4, 0.5) is 11.8 Å². The number of nitrogens with zero attached hydrogens (tertiary/aromatic N) is 6. The third-order valence-corrected chi connectivity index (χ3v) is 7.65. The number of pyridine rings is 1. The zero-order valence-corrected chi connectivity index (χ0v) is 22.6. The minimum absolute atomic E-state index is 0.0173. The Bertz CT molecular complexity index is 1790. The van der Waals surface area contributed by atoms with Crippen molar-refractivity contribution in [1.82, 2.24) is 24.3 Å². The van der Waals surface area contributed by atoms with Crippen LogP contribution in [-0.2, 0) is 4.79 Å². The molecule has 1 aliphatic carbocycles. The summed E-state index contributed by atoms with van der Waals surface area (Å²) < 4.78 is 1.76. The minimum atomic E-state index is -0.412. The smallest absolute Gasteiger partial charge is 0.298 e. The Morgan fingerprint density at radius 2 is 1.90 bits per heavy atom. The van der Waals surface area contributed by atoms with E-state index in [0.29, 0.717) is 36.2 Å². The lowest BCUT2D eigenvalue weighted by atomic mass is 9.94. The van der Waals surface area contributed by atoms with Gasteiger partial charge in [-0.1, -0.05) is 12.0 Å². The van der Waals surface area contributed by atoms with E-state index in [9.17, 15) is 14.9 Å². The van der Waals surface area contributed by atoms with Gasteiger partial charge in [-0.05, 0) is 80.3 Å². The van der Waals surface area contributed by atoms with Gasteiger partial charge in [0.25, 0.3) is 11.8 Å². The quantitative estimate of drug-likeness (QED) is 0.360. The number of carbonyl (C=O) groups is 2. The molecule has 0 radical (unpaired) electrons. The Kier molecular flexibility index (Phi) is 6.82. The zero-order valence-electron chi connectivity index (χ0n) is 22.6. The molecule has 1 saturated carbocycles. The molecular weight excluding hydrogens is 516 g/mol. The first-order valence-corrected chi connectivity index (χ1v) is 13.6. The Labute approximate surface area is 237 Å². The summed E-state index contributed by atoms with van der Waals surface area (Å²) in [5.74, 6) is 6.45. The van der Waals surface area contributed by atoms with Gasteiger partial charge in [-0.2, -0.15) is 5.26 Å². The number of likely N-dealkylation sites (tertiary alicyclic amines) is 1. The standard InChI is InChI=1S/C31H28N8O2/c1-2-4-27(40)38-14-3-5-22(18-38)28-25-11-13-35-31(33)39(25)29(37-28)21-8-9-24(23(15-21)17-32)30(41)36-26-16-20(10-12-34-26)19-6-7-19/h8-13,15-16,19,22H,3,5-7,14,18H2,1H3,(H2,33,35)(H,34,36,41). The maximum atomic E-state index is 13.2. The van der Waals surface area contributed by atoms with Crippen molar-refractivity contribution in [1.29, 1.82) is 5.26 Å². The molecule has 4 heterocycles. The summed E-state index contributed by atoms with van der Waals surface area (Å²) in [6.07, 6.45) is 7.30. The Balaban J connectivity index is 1.34. The molecule has 204 valence electrons. The highest BCUT2D eigenvalue weighted by atomic mass is 16.2. The summed E-state index contributed by atoms with van der Waals surface area (Å²) in [5.41, 5.74) is 10.1. The van der Waals surface area contributed by atoms with E-state index >= 15 is 0 Å². The highest BCUT2D eigenvalue weighted by molar-refractivity contribution is 6.05. The normalized spacial score (nSPS) is 16.5. The van der Waals surface area contributed by atoms with Crippen LogP contribution in [0.2, 0.25) is 0 Å². The highest BCUT2D eigenvalue weighted by Crippen LogP contribution is 2.40. The maximum absolute atomic E-state index is 13.2. The number of nitriles is 1. The van der Waals surface area contributed by atoms with Crippen molar-refractivity contribution in [2.75, 3.05) is 24.1 Å². The van der Waals surface area contributed by atoms with Gasteiger partial charge in [-0.25, -0.2) is 15.0 Å². The van der Waals surface area contributed by atoms with Gasteiger partial charge in [-0.15, -0.1) is 0 Å². The van der Waals surface area contributed by atoms with Crippen molar-refractivity contribution in [2.45, 2.75) is 44.4 Å². The van der Waals surface area contributed by atoms with Crippen molar-refractivity contribution in [3.63, 3.8) is 0 Å². The first-order valence-electron chi connectivity index (χ1n) is 13.6. The summed E-state index contributed by atoms with van der Waals surface area (Å²) in [6, 6.07) is 12.9. The van der Waals surface area contributed by atoms with E-state index in [0.717, 1.165) is 42.5 Å². The fourth-order valence-electron chi connectivity index (χ4n) is 5.49. The SMILES string of the molecule is CC#CC(=O)N1CCCC(c2nc(-c3ccc(C(=O)Nc4cc(C5CC5)ccn4)c(C#N)c3)n3c(N)nccc23)C1. The average Bonchev–Trinajstić information content (AvgIpc) is 3.77. The third kappa shape index (κ3) is 5.08. The lowest BCUT2D eigenvalue weighted by Gasteiger charge is -2.30. The molecular formula is C31H28N8O2. The molecule has 1 aliphatic heterocycles. The van der Waals surface area contributed by atoms with Gasteiger partial charge in [0.05, 0.1) is 28.4 Å². The van der Waals surface area contributed by atoms with Crippen LogP contribution in [0.5, 0.6) is 0 Å². The molecule has 41 heavy (non-hydrogen) atoms. The minimum Gasteiger partial charge on any atom is -0.369 e. The predicted molar refractivity (Wildman–Crippen MR) is 154 cm³/mol. The number of anilines is 2. The summed E-state index contributed by atoms with van der Waals surface area (Å²) in [6.45, 7) is 2.81. The topological polar surface area (TPSA) is 142 Å². The molecule has 1 atom stereocenters. The van der Waals surface area contributed by atoms with E-state index < -0.39 is 5.91 Å². The summed E-state index contributed by atoms with van der Waals surface area (Å²) in [7, 11) is 0. The molecule has 0 spiro atoms. The fraction of sp³-hybridized carbons (Fsp3) is 0.290. The molecule has 2 fully saturated rings. The summed E-state index contributed by atoms with van der Waals surface area (Å²) in [4.78, 5) is 40.9. The van der Waals surface area contributed by atoms with Gasteiger partial charge in [0.1, 0.15) is 11.6 Å². The third-order valence-electron chi connectivity index (χ3n) is 7.65. The Morgan fingerprint density at radius 1 is 1.07 bits per heavy atom. The number of piperidine rings is 1. The Morgan fingerprint density at radius 3 is 2.68 bits per heavy atom. The monoisotopic (exact) mass is 544 g/mol. The molecule has 1 unspecified atom stereocenters. The van der Waals surface area contributed by atoms with Gasteiger partial charge in [0.15, 0.2) is 0 Å². The molecule has 3 N–H and O–H groups in total. The van der Waals surface area contributed by atoms with Gasteiger partial charge in [0, 0.05) is 37.0 Å². The number of nitrogens with one attached hydrogen (secondary N) is 1. The first kappa shape index (κ1) is 26.0. The number of rotatable bonds is 5. The van der Waals surface area contributed by atoms with E-state index in [2.05, 4.69) is 33.2 Å². The van der Waals surface area contributed by atoms with Crippen LogP contribution in [0.25, 0.3) is 16.9 Å². The molecule has 0 bridgehead atoms. The number of fused-ring (bicyclic) bond motifs is 1. The van der Waals surface area contributed by atoms with Crippen LogP contribution < -0.4 is 11.1 Å². The number of benzene rings is 1. The molecule has 4 aromatic rings. The van der Waals surface area contributed by atoms with Crippen LogP contribution in [-0.4, -0.2) is 49.2 Å². The van der Waals surface area contributed by atoms with Crippen molar-refractivity contribution < 1.29 is 9.59 Å². The van der Waals surface area contributed by atoms with Crippen molar-refractivity contribution in [2.24, 2.45) is 0 Å². The van der Waals surface area contributed by atoms with E-state index in [-0.39, 0.29) is 28.9 Å². The van der Waals surface area contributed by atoms with Crippen LogP contribution in [0.3, 0.4) is 0 Å². The number of hydrogen-bond acceptors (Lipinski definition) is 7. The van der Waals surface area contributed by atoms with E-state index in [1.807, 2.05) is 18.2 Å². The van der Waals surface area contributed by atoms with Crippen LogP contribution in [0.1, 0.15) is 71.6 Å².